The van der Waals surface area contributed by atoms with Crippen LogP contribution in [-0.4, -0.2) is 16.2 Å². The number of hydrogen-bond donors (Lipinski definition) is 1. The van der Waals surface area contributed by atoms with Crippen LogP contribution in [0.15, 0.2) is 42.5 Å². The number of anilines is 1. The fraction of sp³-hybridized carbons (Fsp3) is 0.333. The molecule has 3 nitrogen and oxygen atoms in total. The van der Waals surface area contributed by atoms with E-state index in [0.717, 1.165) is 18.9 Å². The van der Waals surface area contributed by atoms with Crippen LogP contribution in [0.2, 0.25) is 0 Å². The van der Waals surface area contributed by atoms with E-state index in [1.165, 1.54) is 11.6 Å². The van der Waals surface area contributed by atoms with E-state index in [4.69, 9.17) is 0 Å². The standard InChI is InChI=1S/C15H16F3N3/c1-11(7-8-12-5-3-2-4-6-12)19-14-10-9-13(20-21-14)15(16,17)18/h2-6,9-11H,7-8H2,1H3,(H,19,21). The molecule has 6 heteroatoms. The third-order valence-corrected chi connectivity index (χ3v) is 3.06. The average Bonchev–Trinajstić information content (AvgIpc) is 2.46. The molecule has 0 spiro atoms. The lowest BCUT2D eigenvalue weighted by Gasteiger charge is -2.14. The van der Waals surface area contributed by atoms with E-state index in [-0.39, 0.29) is 6.04 Å². The number of nitrogens with one attached hydrogen (secondary N) is 1. The first kappa shape index (κ1) is 15.3. The molecule has 1 aromatic carbocycles. The Hall–Kier alpha value is -2.11. The van der Waals surface area contributed by atoms with Crippen LogP contribution in [0, 0.1) is 0 Å². The first-order valence-electron chi connectivity index (χ1n) is 6.66. The topological polar surface area (TPSA) is 37.8 Å². The normalized spacial score (nSPS) is 13.0. The summed E-state index contributed by atoms with van der Waals surface area (Å²) < 4.78 is 37.1. The minimum absolute atomic E-state index is 0.0937. The van der Waals surface area contributed by atoms with Gasteiger partial charge in [0.25, 0.3) is 0 Å². The van der Waals surface area contributed by atoms with Crippen molar-refractivity contribution in [2.75, 3.05) is 5.32 Å². The number of benzene rings is 1. The lowest BCUT2D eigenvalue weighted by Crippen LogP contribution is -2.18. The van der Waals surface area contributed by atoms with Gasteiger partial charge in [-0.3, -0.25) is 0 Å². The van der Waals surface area contributed by atoms with Crippen LogP contribution in [0.3, 0.4) is 0 Å². The van der Waals surface area contributed by atoms with Crippen LogP contribution in [0.4, 0.5) is 19.0 Å². The van der Waals surface area contributed by atoms with Gasteiger partial charge in [-0.05, 0) is 37.5 Å². The Morgan fingerprint density at radius 3 is 2.33 bits per heavy atom. The molecule has 2 rings (SSSR count). The lowest BCUT2D eigenvalue weighted by molar-refractivity contribution is -0.141. The lowest BCUT2D eigenvalue weighted by atomic mass is 10.1. The highest BCUT2D eigenvalue weighted by molar-refractivity contribution is 5.34. The van der Waals surface area contributed by atoms with Crippen LogP contribution in [0.25, 0.3) is 0 Å². The van der Waals surface area contributed by atoms with E-state index in [1.54, 1.807) is 0 Å². The maximum Gasteiger partial charge on any atom is 0.435 e. The minimum Gasteiger partial charge on any atom is -0.366 e. The molecule has 1 heterocycles. The van der Waals surface area contributed by atoms with E-state index in [0.29, 0.717) is 5.82 Å². The van der Waals surface area contributed by atoms with Gasteiger partial charge in [0, 0.05) is 6.04 Å². The summed E-state index contributed by atoms with van der Waals surface area (Å²) in [6.45, 7) is 1.96. The summed E-state index contributed by atoms with van der Waals surface area (Å²) in [4.78, 5) is 0. The molecule has 1 N–H and O–H groups in total. The summed E-state index contributed by atoms with van der Waals surface area (Å²) in [6.07, 6.45) is -2.71. The Kier molecular flexibility index (Phi) is 4.77. The molecule has 1 aromatic heterocycles. The summed E-state index contributed by atoms with van der Waals surface area (Å²) in [7, 11) is 0. The SMILES string of the molecule is CC(CCc1ccccc1)Nc1ccc(C(F)(F)F)nn1. The number of nitrogens with zero attached hydrogens (tertiary/aromatic N) is 2. The second kappa shape index (κ2) is 6.56. The minimum atomic E-state index is -4.45. The van der Waals surface area contributed by atoms with Crippen molar-refractivity contribution in [3.63, 3.8) is 0 Å². The van der Waals surface area contributed by atoms with Gasteiger partial charge < -0.3 is 5.32 Å². The van der Waals surface area contributed by atoms with Gasteiger partial charge in [-0.25, -0.2) is 0 Å². The zero-order chi connectivity index (χ0) is 15.3. The van der Waals surface area contributed by atoms with Crippen LogP contribution < -0.4 is 5.32 Å². The smallest absolute Gasteiger partial charge is 0.366 e. The molecule has 1 atom stereocenters. The average molecular weight is 295 g/mol. The number of aryl methyl sites for hydroxylation is 1. The predicted molar refractivity (Wildman–Crippen MR) is 74.9 cm³/mol. The van der Waals surface area contributed by atoms with Crippen LogP contribution >= 0.6 is 0 Å². The first-order valence-corrected chi connectivity index (χ1v) is 6.66. The van der Waals surface area contributed by atoms with E-state index in [9.17, 15) is 13.2 Å². The zero-order valence-electron chi connectivity index (χ0n) is 11.6. The van der Waals surface area contributed by atoms with Crippen molar-refractivity contribution >= 4 is 5.82 Å². The highest BCUT2D eigenvalue weighted by atomic mass is 19.4. The van der Waals surface area contributed by atoms with Gasteiger partial charge in [0.2, 0.25) is 0 Å². The summed E-state index contributed by atoms with van der Waals surface area (Å²) in [5, 5.41) is 9.79. The van der Waals surface area contributed by atoms with Crippen LogP contribution in [0.1, 0.15) is 24.6 Å². The van der Waals surface area contributed by atoms with E-state index in [2.05, 4.69) is 15.5 Å². The molecule has 112 valence electrons. The van der Waals surface area contributed by atoms with E-state index in [1.807, 2.05) is 37.3 Å². The molecule has 21 heavy (non-hydrogen) atoms. The molecule has 0 amide bonds. The number of halogens is 3. The van der Waals surface area contributed by atoms with Crippen molar-refractivity contribution in [1.29, 1.82) is 0 Å². The highest BCUT2D eigenvalue weighted by Gasteiger charge is 2.32. The van der Waals surface area contributed by atoms with Gasteiger partial charge in [0.05, 0.1) is 0 Å². The molecule has 2 aromatic rings. The predicted octanol–water partition coefficient (Wildman–Crippen LogP) is 3.93. The number of rotatable bonds is 5. The molecule has 0 saturated heterocycles. The van der Waals surface area contributed by atoms with Gasteiger partial charge in [-0.2, -0.15) is 13.2 Å². The quantitative estimate of drug-likeness (QED) is 0.908. The van der Waals surface area contributed by atoms with E-state index < -0.39 is 11.9 Å². The van der Waals surface area contributed by atoms with Crippen molar-refractivity contribution in [3.05, 3.63) is 53.7 Å². The third-order valence-electron chi connectivity index (χ3n) is 3.06. The van der Waals surface area contributed by atoms with Gasteiger partial charge in [-0.15, -0.1) is 10.2 Å². The van der Waals surface area contributed by atoms with Gasteiger partial charge in [-0.1, -0.05) is 30.3 Å². The molecule has 0 aliphatic rings. The Labute approximate surface area is 121 Å². The van der Waals surface area contributed by atoms with Crippen molar-refractivity contribution < 1.29 is 13.2 Å². The van der Waals surface area contributed by atoms with Gasteiger partial charge in [0.15, 0.2) is 5.69 Å². The second-order valence-electron chi connectivity index (χ2n) is 4.87. The number of alkyl halides is 3. The molecule has 1 unspecified atom stereocenters. The summed E-state index contributed by atoms with van der Waals surface area (Å²) >= 11 is 0. The Bertz CT molecular complexity index is 553. The van der Waals surface area contributed by atoms with Crippen LogP contribution in [-0.2, 0) is 12.6 Å². The molecule has 0 bridgehead atoms. The molecule has 0 fully saturated rings. The highest BCUT2D eigenvalue weighted by Crippen LogP contribution is 2.27. The Morgan fingerprint density at radius 2 is 1.76 bits per heavy atom. The maximum atomic E-state index is 12.4. The summed E-state index contributed by atoms with van der Waals surface area (Å²) in [5.41, 5.74) is 0.245. The number of hydrogen-bond acceptors (Lipinski definition) is 3. The molecule has 0 aliphatic carbocycles. The third kappa shape index (κ3) is 4.73. The molecule has 0 radical (unpaired) electrons. The fourth-order valence-electron chi connectivity index (χ4n) is 1.91. The van der Waals surface area contributed by atoms with Gasteiger partial charge >= 0.3 is 6.18 Å². The number of aromatic nitrogens is 2. The fourth-order valence-corrected chi connectivity index (χ4v) is 1.91. The summed E-state index contributed by atoms with van der Waals surface area (Å²) in [6, 6.07) is 12.3. The molecule has 0 aliphatic heterocycles. The Morgan fingerprint density at radius 1 is 1.05 bits per heavy atom. The molecular weight excluding hydrogens is 279 g/mol. The largest absolute Gasteiger partial charge is 0.435 e. The van der Waals surface area contributed by atoms with Gasteiger partial charge in [0.1, 0.15) is 5.82 Å². The van der Waals surface area contributed by atoms with Crippen molar-refractivity contribution in [1.82, 2.24) is 10.2 Å². The van der Waals surface area contributed by atoms with Crippen molar-refractivity contribution in [2.24, 2.45) is 0 Å². The molecule has 0 saturated carbocycles. The van der Waals surface area contributed by atoms with Crippen LogP contribution in [0.5, 0.6) is 0 Å². The van der Waals surface area contributed by atoms with Crippen molar-refractivity contribution in [3.8, 4) is 0 Å². The summed E-state index contributed by atoms with van der Waals surface area (Å²) in [5.74, 6) is 0.351. The first-order chi connectivity index (χ1) is 9.95. The zero-order valence-corrected chi connectivity index (χ0v) is 11.6. The Balaban J connectivity index is 1.86. The molecular formula is C15H16F3N3. The monoisotopic (exact) mass is 295 g/mol. The van der Waals surface area contributed by atoms with Crippen molar-refractivity contribution in [2.45, 2.75) is 32.0 Å². The maximum absolute atomic E-state index is 12.4. The van der Waals surface area contributed by atoms with E-state index >= 15 is 0 Å². The second-order valence-corrected chi connectivity index (χ2v) is 4.87.